The minimum atomic E-state index is 0.282. The molecule has 1 atom stereocenters. The van der Waals surface area contributed by atoms with Gasteiger partial charge >= 0.3 is 0 Å². The van der Waals surface area contributed by atoms with E-state index in [2.05, 4.69) is 38.2 Å². The van der Waals surface area contributed by atoms with Gasteiger partial charge in [0.25, 0.3) is 0 Å². The summed E-state index contributed by atoms with van der Waals surface area (Å²) in [7, 11) is 1.75. The first-order valence-corrected chi connectivity index (χ1v) is 11.5. The van der Waals surface area contributed by atoms with Crippen LogP contribution >= 0.6 is 0 Å². The highest BCUT2D eigenvalue weighted by molar-refractivity contribution is 5.72. The summed E-state index contributed by atoms with van der Waals surface area (Å²) >= 11 is 0. The largest absolute Gasteiger partial charge is 0.496 e. The van der Waals surface area contributed by atoms with E-state index in [1.807, 2.05) is 6.92 Å². The lowest BCUT2D eigenvalue weighted by Crippen LogP contribution is -2.20. The van der Waals surface area contributed by atoms with Gasteiger partial charge in [0.1, 0.15) is 11.6 Å². The number of nitrogens with one attached hydrogen (secondary N) is 1. The molecule has 164 valence electrons. The molecule has 0 radical (unpaired) electrons. The van der Waals surface area contributed by atoms with Gasteiger partial charge < -0.3 is 14.8 Å². The van der Waals surface area contributed by atoms with Crippen molar-refractivity contribution in [1.82, 2.24) is 9.97 Å². The average Bonchev–Trinajstić information content (AvgIpc) is 2.78. The summed E-state index contributed by atoms with van der Waals surface area (Å²) in [6, 6.07) is 4.80. The average molecular weight is 412 g/mol. The van der Waals surface area contributed by atoms with Crippen LogP contribution in [0.15, 0.2) is 12.1 Å². The maximum absolute atomic E-state index is 5.79. The van der Waals surface area contributed by atoms with E-state index in [0.717, 1.165) is 79.5 Å². The zero-order chi connectivity index (χ0) is 21.5. The van der Waals surface area contributed by atoms with Gasteiger partial charge in [0.05, 0.1) is 24.2 Å². The second kappa shape index (κ2) is 10.8. The number of anilines is 1. The van der Waals surface area contributed by atoms with Crippen LogP contribution in [0.2, 0.25) is 0 Å². The molecule has 1 aromatic carbocycles. The lowest BCUT2D eigenvalue weighted by molar-refractivity contribution is 0.142. The smallest absolute Gasteiger partial charge is 0.148 e. The first-order chi connectivity index (χ1) is 14.6. The van der Waals surface area contributed by atoms with E-state index in [4.69, 9.17) is 19.4 Å². The summed E-state index contributed by atoms with van der Waals surface area (Å²) in [5, 5.41) is 3.57. The molecule has 5 heteroatoms. The van der Waals surface area contributed by atoms with E-state index in [-0.39, 0.29) is 6.04 Å². The van der Waals surface area contributed by atoms with E-state index in [0.29, 0.717) is 0 Å². The van der Waals surface area contributed by atoms with Gasteiger partial charge in [0.2, 0.25) is 0 Å². The Kier molecular flexibility index (Phi) is 8.08. The summed E-state index contributed by atoms with van der Waals surface area (Å²) in [6.07, 6.45) is 7.40. The van der Waals surface area contributed by atoms with E-state index in [1.54, 1.807) is 7.11 Å². The molecule has 5 nitrogen and oxygen atoms in total. The van der Waals surface area contributed by atoms with Crippen molar-refractivity contribution in [3.8, 4) is 17.0 Å². The molecular weight excluding hydrogens is 374 g/mol. The van der Waals surface area contributed by atoms with Crippen molar-refractivity contribution in [2.75, 3.05) is 25.6 Å². The topological polar surface area (TPSA) is 56.3 Å². The van der Waals surface area contributed by atoms with E-state index in [1.165, 1.54) is 24.0 Å². The molecule has 1 aromatic heterocycles. The highest BCUT2D eigenvalue weighted by Gasteiger charge is 2.20. The summed E-state index contributed by atoms with van der Waals surface area (Å²) in [5.74, 6) is 1.81. The highest BCUT2D eigenvalue weighted by atomic mass is 16.5. The molecule has 2 aromatic rings. The highest BCUT2D eigenvalue weighted by Crippen LogP contribution is 2.37. The molecule has 1 heterocycles. The van der Waals surface area contributed by atoms with Crippen LogP contribution in [0.25, 0.3) is 11.3 Å². The first-order valence-electron chi connectivity index (χ1n) is 11.5. The van der Waals surface area contributed by atoms with Gasteiger partial charge in [0, 0.05) is 24.8 Å². The summed E-state index contributed by atoms with van der Waals surface area (Å²) in [5.41, 5.74) is 6.92. The maximum Gasteiger partial charge on any atom is 0.148 e. The SMILES string of the molecule is CCOCCC(C)Nc1nc(CC)c(-c2cc3c(cc2OC)CCCC3)nc1CC. The molecule has 0 amide bonds. The molecule has 1 unspecified atom stereocenters. The Balaban J connectivity index is 1.98. The third-order valence-electron chi connectivity index (χ3n) is 5.91. The molecule has 3 rings (SSSR count). The van der Waals surface area contributed by atoms with Crippen LogP contribution in [-0.2, 0) is 30.4 Å². The Morgan fingerprint density at radius 2 is 1.70 bits per heavy atom. The molecule has 30 heavy (non-hydrogen) atoms. The third kappa shape index (κ3) is 5.12. The van der Waals surface area contributed by atoms with Crippen LogP contribution in [0, 0.1) is 0 Å². The molecule has 1 aliphatic rings. The lowest BCUT2D eigenvalue weighted by atomic mass is 9.89. The van der Waals surface area contributed by atoms with Gasteiger partial charge in [0.15, 0.2) is 0 Å². The Labute approximate surface area is 181 Å². The Hall–Kier alpha value is -2.14. The molecule has 0 bridgehead atoms. The number of hydrogen-bond acceptors (Lipinski definition) is 5. The second-order valence-corrected chi connectivity index (χ2v) is 8.08. The lowest BCUT2D eigenvalue weighted by Gasteiger charge is -2.22. The predicted molar refractivity (Wildman–Crippen MR) is 124 cm³/mol. The number of fused-ring (bicyclic) bond motifs is 1. The molecule has 0 aliphatic heterocycles. The predicted octanol–water partition coefficient (Wildman–Crippen LogP) is 5.38. The van der Waals surface area contributed by atoms with E-state index in [9.17, 15) is 0 Å². The van der Waals surface area contributed by atoms with Gasteiger partial charge in [-0.3, -0.25) is 0 Å². The van der Waals surface area contributed by atoms with Gasteiger partial charge in [-0.1, -0.05) is 13.8 Å². The number of hydrogen-bond donors (Lipinski definition) is 1. The number of ether oxygens (including phenoxy) is 2. The molecule has 0 fully saturated rings. The number of methoxy groups -OCH3 is 1. The summed E-state index contributed by atoms with van der Waals surface area (Å²) < 4.78 is 11.3. The van der Waals surface area contributed by atoms with Crippen LogP contribution in [0.3, 0.4) is 0 Å². The zero-order valence-corrected chi connectivity index (χ0v) is 19.3. The van der Waals surface area contributed by atoms with Crippen LogP contribution in [-0.4, -0.2) is 36.3 Å². The van der Waals surface area contributed by atoms with Gasteiger partial charge in [-0.25, -0.2) is 9.97 Å². The van der Waals surface area contributed by atoms with Crippen molar-refractivity contribution in [3.05, 3.63) is 34.6 Å². The minimum Gasteiger partial charge on any atom is -0.496 e. The van der Waals surface area contributed by atoms with Gasteiger partial charge in [-0.2, -0.15) is 0 Å². The van der Waals surface area contributed by atoms with Crippen LogP contribution < -0.4 is 10.1 Å². The van der Waals surface area contributed by atoms with Crippen molar-refractivity contribution in [2.24, 2.45) is 0 Å². The summed E-state index contributed by atoms with van der Waals surface area (Å²) in [6.45, 7) is 9.99. The fourth-order valence-electron chi connectivity index (χ4n) is 4.16. The summed E-state index contributed by atoms with van der Waals surface area (Å²) in [4.78, 5) is 10.1. The number of rotatable bonds is 10. The quantitative estimate of drug-likeness (QED) is 0.532. The molecular formula is C25H37N3O2. The van der Waals surface area contributed by atoms with Gasteiger partial charge in [-0.05, 0) is 82.1 Å². The number of benzene rings is 1. The minimum absolute atomic E-state index is 0.282. The fourth-order valence-corrected chi connectivity index (χ4v) is 4.16. The van der Waals surface area contributed by atoms with E-state index >= 15 is 0 Å². The van der Waals surface area contributed by atoms with Crippen LogP contribution in [0.5, 0.6) is 5.75 Å². The first kappa shape index (κ1) is 22.5. The number of aryl methyl sites for hydroxylation is 4. The van der Waals surface area contributed by atoms with Crippen molar-refractivity contribution in [3.63, 3.8) is 0 Å². The van der Waals surface area contributed by atoms with Crippen molar-refractivity contribution < 1.29 is 9.47 Å². The standard InChI is InChI=1S/C25H37N3O2/c1-6-21-24(20-15-18-11-9-10-12-19(18)16-23(20)29-5)27-22(7-2)25(28-21)26-17(4)13-14-30-8-3/h15-17H,6-14H2,1-5H3,(H,26,28). The normalized spacial score (nSPS) is 14.3. The molecule has 0 spiro atoms. The van der Waals surface area contributed by atoms with Crippen molar-refractivity contribution >= 4 is 5.82 Å². The third-order valence-corrected chi connectivity index (χ3v) is 5.91. The van der Waals surface area contributed by atoms with Crippen LogP contribution in [0.1, 0.15) is 69.5 Å². The van der Waals surface area contributed by atoms with E-state index < -0.39 is 0 Å². The molecule has 1 N–H and O–H groups in total. The second-order valence-electron chi connectivity index (χ2n) is 8.08. The van der Waals surface area contributed by atoms with Crippen molar-refractivity contribution in [1.29, 1.82) is 0 Å². The monoisotopic (exact) mass is 411 g/mol. The Morgan fingerprint density at radius 3 is 2.33 bits per heavy atom. The molecule has 0 saturated carbocycles. The maximum atomic E-state index is 5.79. The zero-order valence-electron chi connectivity index (χ0n) is 19.3. The number of nitrogens with zero attached hydrogens (tertiary/aromatic N) is 2. The van der Waals surface area contributed by atoms with Gasteiger partial charge in [-0.15, -0.1) is 0 Å². The Morgan fingerprint density at radius 1 is 1.00 bits per heavy atom. The molecule has 0 saturated heterocycles. The fraction of sp³-hybridized carbons (Fsp3) is 0.600. The van der Waals surface area contributed by atoms with Crippen molar-refractivity contribution in [2.45, 2.75) is 78.7 Å². The van der Waals surface area contributed by atoms with Crippen LogP contribution in [0.4, 0.5) is 5.82 Å². The Bertz CT molecular complexity index is 851. The number of aromatic nitrogens is 2. The molecule has 1 aliphatic carbocycles.